The molecule has 0 amide bonds. The Morgan fingerprint density at radius 1 is 1.08 bits per heavy atom. The third kappa shape index (κ3) is 4.71. The lowest BCUT2D eigenvalue weighted by molar-refractivity contribution is -0.387. The van der Waals surface area contributed by atoms with Gasteiger partial charge in [0, 0.05) is 17.2 Å². The number of anilines is 1. The first kappa shape index (κ1) is 25.3. The number of para-hydroxylation sites is 1. The van der Waals surface area contributed by atoms with Gasteiger partial charge in [-0.2, -0.15) is 0 Å². The lowest BCUT2D eigenvalue weighted by atomic mass is 9.77. The Morgan fingerprint density at radius 2 is 1.78 bits per heavy atom. The maximum Gasteiger partial charge on any atom is 0.296 e. The molecule has 1 saturated carbocycles. The molecule has 3 aromatic rings. The number of halogens is 2. The van der Waals surface area contributed by atoms with Gasteiger partial charge in [0.25, 0.3) is 11.4 Å². The normalized spacial score (nSPS) is 24.0. The van der Waals surface area contributed by atoms with Crippen molar-refractivity contribution in [2.45, 2.75) is 40.8 Å². The topological polar surface area (TPSA) is 108 Å². The molecule has 1 N–H and O–H groups in total. The summed E-state index contributed by atoms with van der Waals surface area (Å²) in [6.07, 6.45) is 0.594. The summed E-state index contributed by atoms with van der Waals surface area (Å²) >= 11 is 8.46. The number of fused-ring (bicyclic) bond motifs is 3. The van der Waals surface area contributed by atoms with Gasteiger partial charge in [-0.25, -0.2) is 4.39 Å². The molecule has 0 unspecified atom stereocenters. The summed E-state index contributed by atoms with van der Waals surface area (Å²) < 4.78 is 19.4. The van der Waals surface area contributed by atoms with Crippen LogP contribution < -0.4 is 10.1 Å². The van der Waals surface area contributed by atoms with Crippen molar-refractivity contribution in [1.29, 1.82) is 0 Å². The summed E-state index contributed by atoms with van der Waals surface area (Å²) in [5.74, 6) is -0.396. The highest BCUT2D eigenvalue weighted by Crippen LogP contribution is 2.59. The van der Waals surface area contributed by atoms with Crippen LogP contribution in [0.3, 0.4) is 0 Å². The molecular weight excluding hydrogens is 521 g/mol. The summed E-state index contributed by atoms with van der Waals surface area (Å²) in [5.41, 5.74) is 1.72. The molecule has 0 radical (unpaired) electrons. The average molecular weight is 544 g/mol. The van der Waals surface area contributed by atoms with Gasteiger partial charge in [-0.1, -0.05) is 24.3 Å². The van der Waals surface area contributed by atoms with Crippen molar-refractivity contribution >= 4 is 40.4 Å². The molecule has 2 aliphatic rings. The fraction of sp³-hybridized carbons (Fsp3) is 0.308. The number of thioether (sulfide) groups is 1. The molecule has 3 aromatic carbocycles. The molecule has 0 spiro atoms. The van der Waals surface area contributed by atoms with Gasteiger partial charge in [-0.15, -0.1) is 23.4 Å². The number of hydrogen-bond acceptors (Lipinski definition) is 7. The number of benzene rings is 3. The van der Waals surface area contributed by atoms with Crippen molar-refractivity contribution in [3.05, 3.63) is 97.8 Å². The van der Waals surface area contributed by atoms with Gasteiger partial charge in [0.05, 0.1) is 38.8 Å². The van der Waals surface area contributed by atoms with E-state index in [1.54, 1.807) is 43.3 Å². The van der Waals surface area contributed by atoms with Gasteiger partial charge in [0.1, 0.15) is 17.3 Å². The number of nitrogens with zero attached hydrogens (tertiary/aromatic N) is 2. The van der Waals surface area contributed by atoms with Gasteiger partial charge in [-0.05, 0) is 54.7 Å². The number of hydrogen-bond donors (Lipinski definition) is 1. The van der Waals surface area contributed by atoms with Crippen LogP contribution in [0, 0.1) is 32.0 Å². The Labute approximate surface area is 221 Å². The van der Waals surface area contributed by atoms with Crippen molar-refractivity contribution in [2.24, 2.45) is 5.92 Å². The minimum atomic E-state index is -0.477. The fourth-order valence-corrected chi connectivity index (χ4v) is 7.39. The van der Waals surface area contributed by atoms with E-state index in [1.165, 1.54) is 36.0 Å². The number of rotatable bonds is 7. The second-order valence-corrected chi connectivity index (χ2v) is 10.8. The van der Waals surface area contributed by atoms with Gasteiger partial charge in [0.15, 0.2) is 0 Å². The molecule has 5 atom stereocenters. The van der Waals surface area contributed by atoms with Crippen LogP contribution >= 0.6 is 23.4 Å². The van der Waals surface area contributed by atoms with Crippen LogP contribution in [0.4, 0.5) is 21.5 Å². The third-order valence-corrected chi connectivity index (χ3v) is 9.06. The summed E-state index contributed by atoms with van der Waals surface area (Å²) in [6.45, 7) is 2.15. The SMILES string of the molecule is CCOc1cc2c(c([N+](=O)[O-])c1)N[C@H](c1ccc(F)cc1)[C@@H]1C[C@H](Sc3ccccc3[N+](=O)[O-])[C@@H](Cl)[C@@H]21. The van der Waals surface area contributed by atoms with E-state index in [0.29, 0.717) is 34.9 Å². The zero-order chi connectivity index (χ0) is 26.3. The first-order valence-corrected chi connectivity index (χ1v) is 13.1. The molecule has 8 nitrogen and oxygen atoms in total. The van der Waals surface area contributed by atoms with Crippen LogP contribution in [0.2, 0.25) is 0 Å². The lowest BCUT2D eigenvalue weighted by Crippen LogP contribution is -2.31. The summed E-state index contributed by atoms with van der Waals surface area (Å²) in [4.78, 5) is 23.3. The molecule has 1 fully saturated rings. The van der Waals surface area contributed by atoms with Crippen LogP contribution in [0.15, 0.2) is 65.6 Å². The molecule has 1 aliphatic carbocycles. The molecule has 192 valence electrons. The van der Waals surface area contributed by atoms with Gasteiger partial charge in [-0.3, -0.25) is 20.2 Å². The highest BCUT2D eigenvalue weighted by molar-refractivity contribution is 8.00. The molecule has 0 aromatic heterocycles. The second-order valence-electron chi connectivity index (χ2n) is 9.02. The van der Waals surface area contributed by atoms with E-state index in [2.05, 4.69) is 5.32 Å². The first-order chi connectivity index (χ1) is 17.8. The third-order valence-electron chi connectivity index (χ3n) is 6.95. The quantitative estimate of drug-likeness (QED) is 0.193. The van der Waals surface area contributed by atoms with Crippen LogP contribution in [0.5, 0.6) is 5.75 Å². The van der Waals surface area contributed by atoms with E-state index < -0.39 is 15.2 Å². The highest BCUT2D eigenvalue weighted by Gasteiger charge is 2.52. The van der Waals surface area contributed by atoms with E-state index in [9.17, 15) is 24.6 Å². The van der Waals surface area contributed by atoms with Crippen molar-refractivity contribution in [2.75, 3.05) is 11.9 Å². The number of alkyl halides is 1. The van der Waals surface area contributed by atoms with Crippen molar-refractivity contribution in [3.8, 4) is 5.75 Å². The Hall–Kier alpha value is -3.37. The van der Waals surface area contributed by atoms with E-state index in [-0.39, 0.29) is 40.3 Å². The van der Waals surface area contributed by atoms with Crippen molar-refractivity contribution in [3.63, 3.8) is 0 Å². The maximum absolute atomic E-state index is 13.7. The Bertz CT molecular complexity index is 1360. The van der Waals surface area contributed by atoms with Gasteiger partial charge in [0.2, 0.25) is 0 Å². The minimum absolute atomic E-state index is 0.00844. The summed E-state index contributed by atoms with van der Waals surface area (Å²) in [5, 5.41) is 26.3. The predicted octanol–water partition coefficient (Wildman–Crippen LogP) is 7.08. The number of ether oxygens (including phenoxy) is 1. The number of nitrogens with one attached hydrogen (secondary N) is 1. The lowest BCUT2D eigenvalue weighted by Gasteiger charge is -2.38. The fourth-order valence-electron chi connectivity index (χ4n) is 5.44. The predicted molar refractivity (Wildman–Crippen MR) is 140 cm³/mol. The zero-order valence-corrected chi connectivity index (χ0v) is 21.2. The highest BCUT2D eigenvalue weighted by atomic mass is 35.5. The van der Waals surface area contributed by atoms with Gasteiger partial charge >= 0.3 is 0 Å². The van der Waals surface area contributed by atoms with Crippen LogP contribution in [0.1, 0.15) is 36.4 Å². The number of nitro groups is 2. The van der Waals surface area contributed by atoms with Gasteiger partial charge < -0.3 is 10.1 Å². The average Bonchev–Trinajstić information content (AvgIpc) is 3.20. The van der Waals surface area contributed by atoms with Crippen molar-refractivity contribution in [1.82, 2.24) is 0 Å². The molecule has 37 heavy (non-hydrogen) atoms. The smallest absolute Gasteiger partial charge is 0.296 e. The van der Waals surface area contributed by atoms with E-state index >= 15 is 0 Å². The summed E-state index contributed by atoms with van der Waals surface area (Å²) in [6, 6.07) is 15.4. The summed E-state index contributed by atoms with van der Waals surface area (Å²) in [7, 11) is 0. The first-order valence-electron chi connectivity index (χ1n) is 11.8. The zero-order valence-electron chi connectivity index (χ0n) is 19.7. The standard InChI is InChI=1S/C26H23ClFN3O5S/c1-2-36-16-11-17-23-18(13-22(24(23)27)37-21-6-4-3-5-19(21)30(32)33)25(14-7-9-15(28)10-8-14)29-26(17)20(12-16)31(34)35/h3-12,18,22-25,29H,2,13H2,1H3/t18-,22+,23+,24-,25-/m1/s1. The maximum atomic E-state index is 13.7. The van der Waals surface area contributed by atoms with E-state index in [0.717, 1.165) is 5.56 Å². The molecule has 1 heterocycles. The van der Waals surface area contributed by atoms with Crippen LogP contribution in [-0.4, -0.2) is 27.1 Å². The number of nitro benzene ring substituents is 2. The molecule has 5 rings (SSSR count). The van der Waals surface area contributed by atoms with E-state index in [1.807, 2.05) is 0 Å². The Kier molecular flexibility index (Phi) is 6.96. The van der Waals surface area contributed by atoms with Crippen molar-refractivity contribution < 1.29 is 19.0 Å². The van der Waals surface area contributed by atoms with E-state index in [4.69, 9.17) is 16.3 Å². The largest absolute Gasteiger partial charge is 0.494 e. The molecule has 0 bridgehead atoms. The van der Waals surface area contributed by atoms with Crippen LogP contribution in [-0.2, 0) is 0 Å². The molecule has 0 saturated heterocycles. The molecule has 1 aliphatic heterocycles. The molecular formula is C26H23ClFN3O5S. The molecule has 11 heteroatoms. The minimum Gasteiger partial charge on any atom is -0.494 e. The monoisotopic (exact) mass is 543 g/mol. The Morgan fingerprint density at radius 3 is 2.46 bits per heavy atom. The second kappa shape index (κ2) is 10.2. The van der Waals surface area contributed by atoms with Crippen LogP contribution in [0.25, 0.3) is 0 Å². The Balaban J connectivity index is 1.61.